The van der Waals surface area contributed by atoms with Crippen molar-refractivity contribution in [3.05, 3.63) is 0 Å². The lowest BCUT2D eigenvalue weighted by Gasteiger charge is -2.55. The number of ether oxygens (including phenoxy) is 1. The molecule has 1 aliphatic heterocycles. The Morgan fingerprint density at radius 2 is 2.00 bits per heavy atom. The predicted octanol–water partition coefficient (Wildman–Crippen LogP) is 1.37. The molecule has 0 spiro atoms. The zero-order valence-electron chi connectivity index (χ0n) is 14.7. The average Bonchev–Trinajstić information content (AvgIpc) is 2.51. The second kappa shape index (κ2) is 7.07. The van der Waals surface area contributed by atoms with Gasteiger partial charge < -0.3 is 10.1 Å². The van der Waals surface area contributed by atoms with Gasteiger partial charge in [0.05, 0.1) is 18.3 Å². The summed E-state index contributed by atoms with van der Waals surface area (Å²) < 4.78 is 30.4. The largest absolute Gasteiger partial charge is 0.381 e. The molecule has 134 valence electrons. The van der Waals surface area contributed by atoms with Crippen LogP contribution < -0.4 is 5.32 Å². The number of hydrogen-bond acceptors (Lipinski definition) is 4. The molecule has 0 radical (unpaired) electrons. The van der Waals surface area contributed by atoms with Crippen LogP contribution in [-0.2, 0) is 19.6 Å². The number of rotatable bonds is 6. The van der Waals surface area contributed by atoms with Gasteiger partial charge in [0.1, 0.15) is 0 Å². The lowest BCUT2D eigenvalue weighted by molar-refractivity contribution is -0.144. The molecular weight excluding hydrogens is 316 g/mol. The van der Waals surface area contributed by atoms with Crippen molar-refractivity contribution < 1.29 is 17.9 Å². The van der Waals surface area contributed by atoms with Gasteiger partial charge in [-0.05, 0) is 32.1 Å². The molecule has 0 aromatic heterocycles. The van der Waals surface area contributed by atoms with Crippen molar-refractivity contribution in [2.45, 2.75) is 58.1 Å². The molecule has 2 aliphatic rings. The number of carbonyl (C=O) groups excluding carboxylic acids is 1. The van der Waals surface area contributed by atoms with E-state index < -0.39 is 10.0 Å². The highest BCUT2D eigenvalue weighted by Crippen LogP contribution is 2.48. The zero-order valence-corrected chi connectivity index (χ0v) is 15.5. The Kier molecular flexibility index (Phi) is 5.74. The van der Waals surface area contributed by atoms with Gasteiger partial charge in [-0.15, -0.1) is 0 Å². The third-order valence-corrected chi connectivity index (χ3v) is 7.20. The van der Waals surface area contributed by atoms with Crippen molar-refractivity contribution in [1.82, 2.24) is 9.62 Å². The van der Waals surface area contributed by atoms with E-state index in [1.807, 2.05) is 0 Å². The summed E-state index contributed by atoms with van der Waals surface area (Å²) in [5, 5.41) is 3.17. The van der Waals surface area contributed by atoms with Gasteiger partial charge >= 0.3 is 0 Å². The maximum atomic E-state index is 12.6. The van der Waals surface area contributed by atoms with Crippen molar-refractivity contribution in [3.63, 3.8) is 0 Å². The minimum atomic E-state index is -3.22. The van der Waals surface area contributed by atoms with Crippen LogP contribution in [0.5, 0.6) is 0 Å². The Balaban J connectivity index is 1.99. The average molecular weight is 346 g/mol. The number of hydrogen-bond donors (Lipinski definition) is 1. The topological polar surface area (TPSA) is 75.7 Å². The molecule has 0 aromatic carbocycles. The second-order valence-corrected chi connectivity index (χ2v) is 8.90. The molecule has 2 rings (SSSR count). The highest BCUT2D eigenvalue weighted by molar-refractivity contribution is 7.88. The van der Waals surface area contributed by atoms with Gasteiger partial charge in [0.2, 0.25) is 15.9 Å². The fourth-order valence-electron chi connectivity index (χ4n) is 4.23. The Morgan fingerprint density at radius 3 is 2.52 bits per heavy atom. The van der Waals surface area contributed by atoms with E-state index in [2.05, 4.69) is 19.2 Å². The highest BCUT2D eigenvalue weighted by atomic mass is 32.2. The zero-order chi connectivity index (χ0) is 17.3. The molecule has 2 fully saturated rings. The van der Waals surface area contributed by atoms with Crippen LogP contribution in [0.15, 0.2) is 0 Å². The molecule has 0 bridgehead atoms. The minimum absolute atomic E-state index is 0.00952. The molecule has 1 N–H and O–H groups in total. The standard InChI is InChI=1S/C16H30N2O4S/c1-5-16(6-2)13(10-14(16)22-3)17-15(19)12-8-7-9-18(11-12)23(4,20)21/h12-14H,5-11H2,1-4H3,(H,17,19). The van der Waals surface area contributed by atoms with E-state index in [-0.39, 0.29) is 29.4 Å². The Labute approximate surface area is 140 Å². The third kappa shape index (κ3) is 3.56. The van der Waals surface area contributed by atoms with Gasteiger partial charge in [-0.1, -0.05) is 13.8 Å². The van der Waals surface area contributed by atoms with E-state index >= 15 is 0 Å². The van der Waals surface area contributed by atoms with Gasteiger partial charge in [0, 0.05) is 31.7 Å². The van der Waals surface area contributed by atoms with Gasteiger partial charge in [-0.25, -0.2) is 12.7 Å². The lowest BCUT2D eigenvalue weighted by Crippen LogP contribution is -2.65. The van der Waals surface area contributed by atoms with E-state index in [0.717, 1.165) is 32.1 Å². The molecule has 1 saturated carbocycles. The number of piperidine rings is 1. The van der Waals surface area contributed by atoms with Gasteiger partial charge in [0.15, 0.2) is 0 Å². The van der Waals surface area contributed by atoms with E-state index in [1.165, 1.54) is 10.6 Å². The van der Waals surface area contributed by atoms with E-state index in [9.17, 15) is 13.2 Å². The first-order chi connectivity index (χ1) is 10.8. The van der Waals surface area contributed by atoms with Crippen LogP contribution in [0.3, 0.4) is 0 Å². The molecule has 1 saturated heterocycles. The van der Waals surface area contributed by atoms with Crippen LogP contribution >= 0.6 is 0 Å². The summed E-state index contributed by atoms with van der Waals surface area (Å²) in [6.45, 7) is 5.10. The van der Waals surface area contributed by atoms with E-state index in [1.54, 1.807) is 7.11 Å². The van der Waals surface area contributed by atoms with E-state index in [0.29, 0.717) is 13.1 Å². The summed E-state index contributed by atoms with van der Waals surface area (Å²) in [6.07, 6.45) is 5.67. The van der Waals surface area contributed by atoms with E-state index in [4.69, 9.17) is 4.74 Å². The lowest BCUT2D eigenvalue weighted by atomic mass is 9.58. The van der Waals surface area contributed by atoms with Crippen LogP contribution in [0.4, 0.5) is 0 Å². The molecule has 0 aromatic rings. The molecule has 1 heterocycles. The normalized spacial score (nSPS) is 31.4. The SMILES string of the molecule is CCC1(CC)C(NC(=O)C2CCCN(S(C)(=O)=O)C2)CC1OC. The van der Waals surface area contributed by atoms with Crippen LogP contribution in [0.25, 0.3) is 0 Å². The monoisotopic (exact) mass is 346 g/mol. The van der Waals surface area contributed by atoms with Crippen LogP contribution in [-0.4, -0.2) is 57.2 Å². The first kappa shape index (κ1) is 18.7. The number of sulfonamides is 1. The fraction of sp³-hybridized carbons (Fsp3) is 0.938. The number of amides is 1. The van der Waals surface area contributed by atoms with Crippen LogP contribution in [0.1, 0.15) is 46.0 Å². The summed E-state index contributed by atoms with van der Waals surface area (Å²) in [5.41, 5.74) is 0.00952. The van der Waals surface area contributed by atoms with Gasteiger partial charge in [-0.2, -0.15) is 0 Å². The fourth-order valence-corrected chi connectivity index (χ4v) is 5.14. The molecule has 3 unspecified atom stereocenters. The maximum absolute atomic E-state index is 12.6. The summed E-state index contributed by atoms with van der Waals surface area (Å²) >= 11 is 0. The van der Waals surface area contributed by atoms with Crippen molar-refractivity contribution >= 4 is 15.9 Å². The molecular formula is C16H30N2O4S. The number of methoxy groups -OCH3 is 1. The Bertz CT molecular complexity index is 530. The number of nitrogens with zero attached hydrogens (tertiary/aromatic N) is 1. The number of nitrogens with one attached hydrogen (secondary N) is 1. The van der Waals surface area contributed by atoms with Crippen molar-refractivity contribution in [2.24, 2.45) is 11.3 Å². The van der Waals surface area contributed by atoms with Crippen molar-refractivity contribution in [2.75, 3.05) is 26.5 Å². The summed E-state index contributed by atoms with van der Waals surface area (Å²) in [5.74, 6) is -0.254. The summed E-state index contributed by atoms with van der Waals surface area (Å²) in [4.78, 5) is 12.6. The third-order valence-electron chi connectivity index (χ3n) is 5.93. The van der Waals surface area contributed by atoms with Gasteiger partial charge in [-0.3, -0.25) is 4.79 Å². The first-order valence-corrected chi connectivity index (χ1v) is 10.4. The Hall–Kier alpha value is -0.660. The predicted molar refractivity (Wildman–Crippen MR) is 89.5 cm³/mol. The molecule has 1 amide bonds. The highest BCUT2D eigenvalue weighted by Gasteiger charge is 2.53. The molecule has 6 nitrogen and oxygen atoms in total. The summed E-state index contributed by atoms with van der Waals surface area (Å²) in [7, 11) is -1.49. The molecule has 3 atom stereocenters. The molecule has 23 heavy (non-hydrogen) atoms. The smallest absolute Gasteiger partial charge is 0.224 e. The maximum Gasteiger partial charge on any atom is 0.224 e. The van der Waals surface area contributed by atoms with Gasteiger partial charge in [0.25, 0.3) is 0 Å². The second-order valence-electron chi connectivity index (χ2n) is 6.92. The Morgan fingerprint density at radius 1 is 1.35 bits per heavy atom. The van der Waals surface area contributed by atoms with Crippen LogP contribution in [0, 0.1) is 11.3 Å². The molecule has 1 aliphatic carbocycles. The number of carbonyl (C=O) groups is 1. The van der Waals surface area contributed by atoms with Crippen molar-refractivity contribution in [1.29, 1.82) is 0 Å². The van der Waals surface area contributed by atoms with Crippen LogP contribution in [0.2, 0.25) is 0 Å². The minimum Gasteiger partial charge on any atom is -0.381 e. The quantitative estimate of drug-likeness (QED) is 0.788. The first-order valence-electron chi connectivity index (χ1n) is 8.56. The summed E-state index contributed by atoms with van der Waals surface area (Å²) in [6, 6.07) is 0.128. The van der Waals surface area contributed by atoms with Crippen molar-refractivity contribution in [3.8, 4) is 0 Å². The molecule has 7 heteroatoms.